The molecule has 9 heavy (non-hydrogen) atoms. The average Bonchev–Trinajstić information content (AvgIpc) is 2.12. The lowest BCUT2D eigenvalue weighted by Crippen LogP contribution is -2.16. The van der Waals surface area contributed by atoms with Crippen LogP contribution in [0.25, 0.3) is 0 Å². The zero-order chi connectivity index (χ0) is 6.85. The highest BCUT2D eigenvalue weighted by Crippen LogP contribution is 2.10. The van der Waals surface area contributed by atoms with E-state index in [1.54, 1.807) is 36.3 Å². The number of nitrogens with zero attached hydrogens (tertiary/aromatic N) is 2. The molecular formula is C6H8N2O. The Kier molecular flexibility index (Phi) is 1.29. The summed E-state index contributed by atoms with van der Waals surface area (Å²) in [7, 11) is 3.61. The van der Waals surface area contributed by atoms with Crippen molar-refractivity contribution in [2.45, 2.75) is 0 Å². The Hall–Kier alpha value is -1.21. The Balaban J connectivity index is 2.88. The van der Waals surface area contributed by atoms with Crippen molar-refractivity contribution in [3.63, 3.8) is 0 Å². The van der Waals surface area contributed by atoms with E-state index in [-0.39, 0.29) is 0 Å². The van der Waals surface area contributed by atoms with Gasteiger partial charge in [0, 0.05) is 26.5 Å². The largest absolute Gasteiger partial charge is 0.327 e. The van der Waals surface area contributed by atoms with Crippen LogP contribution in [0.3, 0.4) is 0 Å². The van der Waals surface area contributed by atoms with E-state index in [1.807, 2.05) is 5.94 Å². The molecule has 1 heterocycles. The van der Waals surface area contributed by atoms with Crippen LogP contribution in [0.2, 0.25) is 0 Å². The molecule has 1 rings (SSSR count). The second kappa shape index (κ2) is 1.96. The summed E-state index contributed by atoms with van der Waals surface area (Å²) in [5, 5.41) is 0. The lowest BCUT2D eigenvalue weighted by molar-refractivity contribution is 0.445. The highest BCUT2D eigenvalue weighted by atomic mass is 16.1. The maximum Gasteiger partial charge on any atom is 0.199 e. The molecule has 0 radical (unpaired) electrons. The van der Waals surface area contributed by atoms with E-state index in [4.69, 9.17) is 0 Å². The molecule has 0 bridgehead atoms. The molecule has 0 fully saturated rings. The molecule has 0 atom stereocenters. The van der Waals surface area contributed by atoms with Crippen molar-refractivity contribution < 1.29 is 4.79 Å². The number of rotatable bonds is 0. The molecule has 0 unspecified atom stereocenters. The van der Waals surface area contributed by atoms with Crippen LogP contribution in [0, 0.1) is 0 Å². The molecule has 0 amide bonds. The third-order valence-electron chi connectivity index (χ3n) is 1.27. The van der Waals surface area contributed by atoms with Crippen LogP contribution in [-0.4, -0.2) is 29.8 Å². The minimum absolute atomic E-state index is 0.551. The summed E-state index contributed by atoms with van der Waals surface area (Å²) < 4.78 is 0. The molecule has 0 spiro atoms. The molecule has 48 valence electrons. The predicted molar refractivity (Wildman–Crippen MR) is 33.9 cm³/mol. The predicted octanol–water partition coefficient (Wildman–Crippen LogP) is 0.00780. The average molecular weight is 124 g/mol. The number of carbonyl (C=O) groups excluding carboxylic acids is 1. The van der Waals surface area contributed by atoms with E-state index in [0.717, 1.165) is 0 Å². The maximum absolute atomic E-state index is 10.1. The van der Waals surface area contributed by atoms with Crippen LogP contribution >= 0.6 is 0 Å². The summed E-state index contributed by atoms with van der Waals surface area (Å²) >= 11 is 0. The van der Waals surface area contributed by atoms with Crippen molar-refractivity contribution in [1.29, 1.82) is 0 Å². The molecule has 1 aliphatic rings. The van der Waals surface area contributed by atoms with E-state index in [2.05, 4.69) is 0 Å². The molecule has 0 aromatic rings. The molecule has 0 N–H and O–H groups in total. The maximum atomic E-state index is 10.1. The fourth-order valence-electron chi connectivity index (χ4n) is 0.734. The van der Waals surface area contributed by atoms with Crippen molar-refractivity contribution in [1.82, 2.24) is 9.80 Å². The monoisotopic (exact) mass is 124 g/mol. The molecule has 0 aromatic carbocycles. The Labute approximate surface area is 53.9 Å². The van der Waals surface area contributed by atoms with Crippen LogP contribution in [0.4, 0.5) is 0 Å². The van der Waals surface area contributed by atoms with Crippen molar-refractivity contribution in [3.8, 4) is 0 Å². The van der Waals surface area contributed by atoms with Gasteiger partial charge in [-0.2, -0.15) is 0 Å². The van der Waals surface area contributed by atoms with Gasteiger partial charge in [-0.25, -0.2) is 4.79 Å². The highest BCUT2D eigenvalue weighted by Gasteiger charge is 2.11. The van der Waals surface area contributed by atoms with Gasteiger partial charge >= 0.3 is 0 Å². The van der Waals surface area contributed by atoms with Crippen LogP contribution in [-0.2, 0) is 4.79 Å². The van der Waals surface area contributed by atoms with Gasteiger partial charge in [0.25, 0.3) is 0 Å². The molecule has 3 nitrogen and oxygen atoms in total. The van der Waals surface area contributed by atoms with E-state index in [1.165, 1.54) is 0 Å². The normalized spacial score (nSPS) is 16.9. The molecular weight excluding hydrogens is 116 g/mol. The minimum Gasteiger partial charge on any atom is -0.327 e. The van der Waals surface area contributed by atoms with E-state index in [0.29, 0.717) is 5.82 Å². The highest BCUT2D eigenvalue weighted by molar-refractivity contribution is 5.52. The van der Waals surface area contributed by atoms with Crippen LogP contribution in [0.15, 0.2) is 18.2 Å². The lowest BCUT2D eigenvalue weighted by atomic mass is 10.7. The lowest BCUT2D eigenvalue weighted by Gasteiger charge is -2.11. The smallest absolute Gasteiger partial charge is 0.199 e. The molecule has 1 aliphatic heterocycles. The van der Waals surface area contributed by atoms with Crippen molar-refractivity contribution >= 4 is 5.94 Å². The summed E-state index contributed by atoms with van der Waals surface area (Å²) in [6.07, 6.45) is 3.61. The Morgan fingerprint density at radius 3 is 2.00 bits per heavy atom. The van der Waals surface area contributed by atoms with Gasteiger partial charge in [0.05, 0.1) is 0 Å². The fourth-order valence-corrected chi connectivity index (χ4v) is 0.734. The first-order chi connectivity index (χ1) is 4.25. The first kappa shape index (κ1) is 5.92. The van der Waals surface area contributed by atoms with Crippen molar-refractivity contribution in [2.75, 3.05) is 14.1 Å². The van der Waals surface area contributed by atoms with Gasteiger partial charge < -0.3 is 9.80 Å². The minimum atomic E-state index is 0.551. The molecule has 3 heteroatoms. The number of hydrogen-bond donors (Lipinski definition) is 0. The Morgan fingerprint density at radius 2 is 1.78 bits per heavy atom. The SMILES string of the molecule is CN1C=CN(C)C1=C=O. The molecule has 0 aliphatic carbocycles. The van der Waals surface area contributed by atoms with Gasteiger partial charge in [-0.1, -0.05) is 0 Å². The van der Waals surface area contributed by atoms with E-state index < -0.39 is 0 Å². The third-order valence-corrected chi connectivity index (χ3v) is 1.27. The van der Waals surface area contributed by atoms with Gasteiger partial charge in [-0.15, -0.1) is 0 Å². The second-order valence-corrected chi connectivity index (χ2v) is 1.95. The summed E-state index contributed by atoms with van der Waals surface area (Å²) in [5.41, 5.74) is 0. The zero-order valence-electron chi connectivity index (χ0n) is 5.46. The third kappa shape index (κ3) is 0.819. The van der Waals surface area contributed by atoms with E-state index >= 15 is 0 Å². The van der Waals surface area contributed by atoms with Crippen molar-refractivity contribution in [2.24, 2.45) is 0 Å². The molecule has 0 saturated heterocycles. The van der Waals surface area contributed by atoms with Gasteiger partial charge in [0.2, 0.25) is 0 Å². The van der Waals surface area contributed by atoms with E-state index in [9.17, 15) is 4.79 Å². The quantitative estimate of drug-likeness (QED) is 0.425. The zero-order valence-corrected chi connectivity index (χ0v) is 5.46. The van der Waals surface area contributed by atoms with Crippen LogP contribution < -0.4 is 0 Å². The first-order valence-electron chi connectivity index (χ1n) is 2.65. The first-order valence-corrected chi connectivity index (χ1v) is 2.65. The van der Waals surface area contributed by atoms with Gasteiger partial charge in [-0.3, -0.25) is 0 Å². The van der Waals surface area contributed by atoms with Crippen LogP contribution in [0.1, 0.15) is 0 Å². The Bertz CT molecular complexity index is 177. The summed E-state index contributed by atoms with van der Waals surface area (Å²) in [6.45, 7) is 0. The van der Waals surface area contributed by atoms with Crippen LogP contribution in [0.5, 0.6) is 0 Å². The summed E-state index contributed by atoms with van der Waals surface area (Å²) in [5.74, 6) is 2.37. The van der Waals surface area contributed by atoms with Crippen molar-refractivity contribution in [3.05, 3.63) is 18.2 Å². The molecule has 0 saturated carbocycles. The second-order valence-electron chi connectivity index (χ2n) is 1.95. The summed E-state index contributed by atoms with van der Waals surface area (Å²) in [6, 6.07) is 0. The standard InChI is InChI=1S/C6H8N2O/c1-7-3-4-8(2)6(7)5-9/h3-4H,1-2H3. The molecule has 0 aromatic heterocycles. The van der Waals surface area contributed by atoms with Gasteiger partial charge in [0.15, 0.2) is 11.8 Å². The Morgan fingerprint density at radius 1 is 1.33 bits per heavy atom. The van der Waals surface area contributed by atoms with Gasteiger partial charge in [0.1, 0.15) is 0 Å². The number of hydrogen-bond acceptors (Lipinski definition) is 3. The topological polar surface area (TPSA) is 23.6 Å². The summed E-state index contributed by atoms with van der Waals surface area (Å²) in [4.78, 5) is 13.6. The van der Waals surface area contributed by atoms with Gasteiger partial charge in [-0.05, 0) is 0 Å². The fraction of sp³-hybridized carbons (Fsp3) is 0.333.